The van der Waals surface area contributed by atoms with E-state index in [9.17, 15) is 36.4 Å². The van der Waals surface area contributed by atoms with Gasteiger partial charge in [-0.25, -0.2) is 0 Å². The van der Waals surface area contributed by atoms with Gasteiger partial charge < -0.3 is 23.7 Å². The summed E-state index contributed by atoms with van der Waals surface area (Å²) in [4.78, 5) is 49.9. The van der Waals surface area contributed by atoms with Crippen molar-refractivity contribution in [3.8, 4) is 0 Å². The molecule has 8 unspecified atom stereocenters. The van der Waals surface area contributed by atoms with E-state index in [4.69, 9.17) is 23.5 Å². The van der Waals surface area contributed by atoms with Crippen LogP contribution in [-0.4, -0.2) is 72.8 Å². The first-order chi connectivity index (χ1) is 18.2. The van der Waals surface area contributed by atoms with E-state index in [1.165, 1.54) is 0 Å². The number of ether oxygens (including phenoxy) is 5. The van der Waals surface area contributed by atoms with Crippen molar-refractivity contribution in [1.29, 1.82) is 0 Å². The molecule has 4 fully saturated rings. The maximum Gasteiger partial charge on any atom is 0.405 e. The van der Waals surface area contributed by atoms with Gasteiger partial charge in [-0.05, 0) is 33.1 Å². The van der Waals surface area contributed by atoms with Gasteiger partial charge in [0.25, 0.3) is 0 Å². The summed E-state index contributed by atoms with van der Waals surface area (Å²) < 4.78 is 83.8. The Hall–Kier alpha value is -2.39. The van der Waals surface area contributed by atoms with Crippen molar-refractivity contribution in [3.63, 3.8) is 0 Å². The Balaban J connectivity index is 1.31. The molecule has 2 bridgehead atoms. The van der Waals surface area contributed by atoms with Gasteiger partial charge in [-0.2, -0.15) is 17.2 Å². The topological polar surface area (TPSA) is 169 Å². The summed E-state index contributed by atoms with van der Waals surface area (Å²) in [6.45, 7) is 2.18. The number of carbonyl (C=O) groups excluding carboxylic acids is 4. The second-order valence-corrected chi connectivity index (χ2v) is 12.0. The normalized spacial score (nSPS) is 31.9. The molecule has 1 N–H and O–H groups in total. The van der Waals surface area contributed by atoms with Gasteiger partial charge in [-0.15, -0.1) is 0 Å². The van der Waals surface area contributed by atoms with Crippen LogP contribution in [0.5, 0.6) is 0 Å². The van der Waals surface area contributed by atoms with E-state index in [-0.39, 0.29) is 12.0 Å². The summed E-state index contributed by atoms with van der Waals surface area (Å²) in [5.74, 6) is -6.00. The Kier molecular flexibility index (Phi) is 8.53. The average molecular weight is 583 g/mol. The fourth-order valence-electron chi connectivity index (χ4n) is 6.16. The second-order valence-electron chi connectivity index (χ2n) is 10.5. The molecule has 1 heterocycles. The molecule has 0 aromatic rings. The van der Waals surface area contributed by atoms with Gasteiger partial charge in [-0.3, -0.25) is 23.7 Å². The van der Waals surface area contributed by atoms with Crippen LogP contribution in [0.15, 0.2) is 0 Å². The number of alkyl halides is 2. The molecule has 12 nitrogen and oxygen atoms in total. The third-order valence-corrected chi connectivity index (χ3v) is 8.98. The summed E-state index contributed by atoms with van der Waals surface area (Å²) in [5.41, 5.74) is 0. The summed E-state index contributed by atoms with van der Waals surface area (Å²) in [6.07, 6.45) is -1.04. The molecule has 3 aliphatic carbocycles. The van der Waals surface area contributed by atoms with E-state index in [0.29, 0.717) is 13.3 Å². The standard InChI is InChI=1S/C24H32F2O12S/c1-11(24(25,26)39(31,32)33)34-16(27)8-9-17(28)37-20-14-10-15-19(23(30)38-21(15)20)18(14)22(29)36-12(2)35-13-6-4-3-5-7-13/h11-15,18-21H,3-10H2,1-2H3,(H,31,32,33). The highest BCUT2D eigenvalue weighted by molar-refractivity contribution is 7.86. The molecule has 0 amide bonds. The van der Waals surface area contributed by atoms with Crippen molar-refractivity contribution in [2.45, 2.75) is 101 Å². The summed E-state index contributed by atoms with van der Waals surface area (Å²) in [5, 5.41) is -4.74. The van der Waals surface area contributed by atoms with Crippen LogP contribution in [0.4, 0.5) is 8.78 Å². The molecule has 3 saturated carbocycles. The number of rotatable bonds is 11. The van der Waals surface area contributed by atoms with E-state index >= 15 is 0 Å². The minimum atomic E-state index is -5.83. The SMILES string of the molecule is CC(OC(=O)C1C2CC3C(OC(=O)C31)C2OC(=O)CCC(=O)OC(C)C(F)(F)S(=O)(=O)O)OC1CCCCC1. The van der Waals surface area contributed by atoms with E-state index in [2.05, 4.69) is 4.74 Å². The van der Waals surface area contributed by atoms with Crippen molar-refractivity contribution in [2.24, 2.45) is 23.7 Å². The van der Waals surface area contributed by atoms with Crippen molar-refractivity contribution < 1.29 is 64.6 Å². The van der Waals surface area contributed by atoms with Gasteiger partial charge in [0.05, 0.1) is 30.8 Å². The van der Waals surface area contributed by atoms with Crippen molar-refractivity contribution >= 4 is 34.0 Å². The van der Waals surface area contributed by atoms with E-state index < -0.39 is 94.4 Å². The smallest absolute Gasteiger partial charge is 0.405 e. The molecule has 0 radical (unpaired) electrons. The molecule has 39 heavy (non-hydrogen) atoms. The Morgan fingerprint density at radius 1 is 1.05 bits per heavy atom. The van der Waals surface area contributed by atoms with E-state index in [1.807, 2.05) is 0 Å². The number of hydrogen-bond acceptors (Lipinski definition) is 11. The maximum absolute atomic E-state index is 13.6. The first kappa shape index (κ1) is 29.6. The van der Waals surface area contributed by atoms with Crippen LogP contribution >= 0.6 is 0 Å². The van der Waals surface area contributed by atoms with Gasteiger partial charge in [0.15, 0.2) is 12.4 Å². The van der Waals surface area contributed by atoms with E-state index in [1.54, 1.807) is 6.92 Å². The molecule has 1 aliphatic heterocycles. The van der Waals surface area contributed by atoms with Gasteiger partial charge in [0.2, 0.25) is 0 Å². The van der Waals surface area contributed by atoms with Crippen molar-refractivity contribution in [3.05, 3.63) is 0 Å². The molecule has 15 heteroatoms. The van der Waals surface area contributed by atoms with Crippen molar-refractivity contribution in [2.75, 3.05) is 0 Å². The van der Waals surface area contributed by atoms with Gasteiger partial charge >= 0.3 is 39.2 Å². The Labute approximate surface area is 223 Å². The minimum Gasteiger partial charge on any atom is -0.458 e. The first-order valence-corrected chi connectivity index (χ1v) is 14.4. The average Bonchev–Trinajstić information content (AvgIpc) is 3.46. The Morgan fingerprint density at radius 3 is 2.33 bits per heavy atom. The Bertz CT molecular complexity index is 1090. The van der Waals surface area contributed by atoms with Crippen LogP contribution in [0, 0.1) is 23.7 Å². The summed E-state index contributed by atoms with van der Waals surface area (Å²) in [6, 6.07) is 0. The molecule has 4 aliphatic rings. The van der Waals surface area contributed by atoms with Crippen LogP contribution in [0.2, 0.25) is 0 Å². The highest BCUT2D eigenvalue weighted by Crippen LogP contribution is 2.59. The molecule has 0 aromatic carbocycles. The molecular weight excluding hydrogens is 550 g/mol. The molecule has 1 saturated heterocycles. The fraction of sp³-hybridized carbons (Fsp3) is 0.833. The number of esters is 4. The zero-order valence-corrected chi connectivity index (χ0v) is 22.3. The molecular formula is C24H32F2O12S. The lowest BCUT2D eigenvalue weighted by Crippen LogP contribution is -2.44. The zero-order chi connectivity index (χ0) is 28.7. The number of hydrogen-bond donors (Lipinski definition) is 1. The lowest BCUT2D eigenvalue weighted by molar-refractivity contribution is -0.197. The lowest BCUT2D eigenvalue weighted by atomic mass is 9.78. The first-order valence-electron chi connectivity index (χ1n) is 13.0. The van der Waals surface area contributed by atoms with Crippen LogP contribution in [0.1, 0.15) is 65.2 Å². The van der Waals surface area contributed by atoms with Gasteiger partial charge in [-0.1, -0.05) is 19.3 Å². The molecule has 0 aromatic heterocycles. The largest absolute Gasteiger partial charge is 0.458 e. The maximum atomic E-state index is 13.6. The van der Waals surface area contributed by atoms with Crippen LogP contribution in [0.25, 0.3) is 0 Å². The highest BCUT2D eigenvalue weighted by atomic mass is 32.2. The molecule has 8 atom stereocenters. The monoisotopic (exact) mass is 582 g/mol. The minimum absolute atomic E-state index is 0.00921. The summed E-state index contributed by atoms with van der Waals surface area (Å²) in [7, 11) is -5.83. The predicted octanol–water partition coefficient (Wildman–Crippen LogP) is 2.14. The van der Waals surface area contributed by atoms with Crippen molar-refractivity contribution in [1.82, 2.24) is 0 Å². The quantitative estimate of drug-likeness (QED) is 0.163. The number of fused-ring (bicyclic) bond motifs is 1. The molecule has 220 valence electrons. The summed E-state index contributed by atoms with van der Waals surface area (Å²) >= 11 is 0. The third kappa shape index (κ3) is 6.04. The van der Waals surface area contributed by atoms with Crippen LogP contribution < -0.4 is 0 Å². The van der Waals surface area contributed by atoms with Gasteiger partial charge in [0.1, 0.15) is 12.2 Å². The molecule has 0 spiro atoms. The highest BCUT2D eigenvalue weighted by Gasteiger charge is 2.70. The van der Waals surface area contributed by atoms with Gasteiger partial charge in [0, 0.05) is 11.8 Å². The molecule has 4 rings (SSSR count). The number of carbonyl (C=O) groups is 4. The zero-order valence-electron chi connectivity index (χ0n) is 21.5. The Morgan fingerprint density at radius 2 is 1.69 bits per heavy atom. The van der Waals surface area contributed by atoms with E-state index in [0.717, 1.165) is 32.1 Å². The van der Waals surface area contributed by atoms with Crippen LogP contribution in [0.3, 0.4) is 0 Å². The number of halogens is 2. The second kappa shape index (κ2) is 11.2. The fourth-order valence-corrected chi connectivity index (χ4v) is 6.63. The predicted molar refractivity (Wildman–Crippen MR) is 123 cm³/mol. The third-order valence-electron chi connectivity index (χ3n) is 7.96. The van der Waals surface area contributed by atoms with Crippen LogP contribution in [-0.2, 0) is 53.0 Å². The lowest BCUT2D eigenvalue weighted by Gasteiger charge is -2.31.